The first-order valence-electron chi connectivity index (χ1n) is 5.63. The van der Waals surface area contributed by atoms with E-state index in [4.69, 9.17) is 4.74 Å². The Labute approximate surface area is 100 Å². The van der Waals surface area contributed by atoms with Crippen molar-refractivity contribution in [3.63, 3.8) is 0 Å². The highest BCUT2D eigenvalue weighted by Crippen LogP contribution is 2.31. The lowest BCUT2D eigenvalue weighted by atomic mass is 10.1. The van der Waals surface area contributed by atoms with Crippen molar-refractivity contribution in [1.82, 2.24) is 0 Å². The van der Waals surface area contributed by atoms with Gasteiger partial charge in [0.2, 0.25) is 0 Å². The van der Waals surface area contributed by atoms with E-state index in [-0.39, 0.29) is 18.6 Å². The molecule has 0 saturated carbocycles. The minimum atomic E-state index is -0.432. The third-order valence-electron chi connectivity index (χ3n) is 2.87. The Morgan fingerprint density at radius 1 is 1.41 bits per heavy atom. The van der Waals surface area contributed by atoms with Crippen molar-refractivity contribution in [3.8, 4) is 0 Å². The molecule has 1 aliphatic rings. The summed E-state index contributed by atoms with van der Waals surface area (Å²) in [6.07, 6.45) is 0.849. The molecule has 0 spiro atoms. The molecule has 0 unspecified atom stereocenters. The standard InChI is InChI=1S/C13H15NO3/c1-9-7-11-5-3-4-6-12(11)14(9)13(16)8-17-10(2)15/h3-6,9H,7-8H2,1-2H3/t9-/m0/s1. The molecule has 1 aromatic rings. The molecule has 1 amide bonds. The van der Waals surface area contributed by atoms with Crippen LogP contribution in [0.25, 0.3) is 0 Å². The molecule has 1 heterocycles. The van der Waals surface area contributed by atoms with Crippen LogP contribution in [0, 0.1) is 0 Å². The molecule has 0 N–H and O–H groups in total. The summed E-state index contributed by atoms with van der Waals surface area (Å²) in [5.41, 5.74) is 2.09. The molecule has 0 fully saturated rings. The molecule has 4 nitrogen and oxygen atoms in total. The topological polar surface area (TPSA) is 46.6 Å². The number of ether oxygens (including phenoxy) is 1. The van der Waals surface area contributed by atoms with Gasteiger partial charge in [-0.3, -0.25) is 9.59 Å². The zero-order valence-corrected chi connectivity index (χ0v) is 9.97. The molecule has 1 aromatic carbocycles. The predicted octanol–water partition coefficient (Wildman–Crippen LogP) is 1.53. The molecular formula is C13H15NO3. The Morgan fingerprint density at radius 3 is 2.82 bits per heavy atom. The van der Waals surface area contributed by atoms with E-state index in [1.807, 2.05) is 31.2 Å². The number of rotatable bonds is 2. The molecular weight excluding hydrogens is 218 g/mol. The smallest absolute Gasteiger partial charge is 0.303 e. The van der Waals surface area contributed by atoms with Gasteiger partial charge in [-0.1, -0.05) is 18.2 Å². The Kier molecular flexibility index (Phi) is 3.13. The zero-order valence-electron chi connectivity index (χ0n) is 9.97. The van der Waals surface area contributed by atoms with Gasteiger partial charge >= 0.3 is 5.97 Å². The average Bonchev–Trinajstić information content (AvgIpc) is 2.61. The van der Waals surface area contributed by atoms with E-state index in [0.29, 0.717) is 0 Å². The largest absolute Gasteiger partial charge is 0.456 e. The van der Waals surface area contributed by atoms with Crippen molar-refractivity contribution in [2.75, 3.05) is 11.5 Å². The highest BCUT2D eigenvalue weighted by Gasteiger charge is 2.30. The molecule has 90 valence electrons. The van der Waals surface area contributed by atoms with Gasteiger partial charge in [0.25, 0.3) is 5.91 Å². The maximum absolute atomic E-state index is 12.0. The predicted molar refractivity (Wildman–Crippen MR) is 63.7 cm³/mol. The molecule has 0 radical (unpaired) electrons. The van der Waals surface area contributed by atoms with Crippen LogP contribution in [0.4, 0.5) is 5.69 Å². The number of benzene rings is 1. The molecule has 1 aliphatic heterocycles. The maximum Gasteiger partial charge on any atom is 0.303 e. The van der Waals surface area contributed by atoms with Gasteiger partial charge in [-0.2, -0.15) is 0 Å². The fourth-order valence-corrected chi connectivity index (χ4v) is 2.18. The van der Waals surface area contributed by atoms with Crippen LogP contribution in [0.2, 0.25) is 0 Å². The molecule has 2 rings (SSSR count). The van der Waals surface area contributed by atoms with Gasteiger partial charge in [-0.15, -0.1) is 0 Å². The molecule has 0 saturated heterocycles. The number of carbonyl (C=O) groups is 2. The van der Waals surface area contributed by atoms with E-state index in [1.165, 1.54) is 6.92 Å². The van der Waals surface area contributed by atoms with E-state index in [2.05, 4.69) is 0 Å². The maximum atomic E-state index is 12.0. The van der Waals surface area contributed by atoms with Gasteiger partial charge in [0.15, 0.2) is 6.61 Å². The van der Waals surface area contributed by atoms with Crippen LogP contribution in [0.5, 0.6) is 0 Å². The first kappa shape index (κ1) is 11.6. The third-order valence-corrected chi connectivity index (χ3v) is 2.87. The Hall–Kier alpha value is -1.84. The van der Waals surface area contributed by atoms with Gasteiger partial charge in [0.05, 0.1) is 0 Å². The summed E-state index contributed by atoms with van der Waals surface area (Å²) in [7, 11) is 0. The summed E-state index contributed by atoms with van der Waals surface area (Å²) in [5, 5.41) is 0. The van der Waals surface area contributed by atoms with Crippen molar-refractivity contribution >= 4 is 17.6 Å². The fourth-order valence-electron chi connectivity index (χ4n) is 2.18. The number of hydrogen-bond donors (Lipinski definition) is 0. The fraction of sp³-hybridized carbons (Fsp3) is 0.385. The van der Waals surface area contributed by atoms with Crippen molar-refractivity contribution in [1.29, 1.82) is 0 Å². The van der Waals surface area contributed by atoms with Gasteiger partial charge in [-0.25, -0.2) is 0 Å². The molecule has 17 heavy (non-hydrogen) atoms. The SMILES string of the molecule is CC(=O)OCC(=O)N1c2ccccc2C[C@@H]1C. The number of anilines is 1. The number of esters is 1. The van der Waals surface area contributed by atoms with E-state index in [9.17, 15) is 9.59 Å². The zero-order chi connectivity index (χ0) is 12.4. The van der Waals surface area contributed by atoms with Gasteiger partial charge < -0.3 is 9.64 Å². The summed E-state index contributed by atoms with van der Waals surface area (Å²) in [5.74, 6) is -0.601. The summed E-state index contributed by atoms with van der Waals surface area (Å²) in [6.45, 7) is 3.11. The van der Waals surface area contributed by atoms with E-state index >= 15 is 0 Å². The van der Waals surface area contributed by atoms with Crippen molar-refractivity contribution < 1.29 is 14.3 Å². The van der Waals surface area contributed by atoms with Crippen LogP contribution in [0.3, 0.4) is 0 Å². The summed E-state index contributed by atoms with van der Waals surface area (Å²) < 4.78 is 4.75. The van der Waals surface area contributed by atoms with Gasteiger partial charge in [-0.05, 0) is 25.0 Å². The monoisotopic (exact) mass is 233 g/mol. The third kappa shape index (κ3) is 2.30. The van der Waals surface area contributed by atoms with Crippen LogP contribution in [-0.4, -0.2) is 24.5 Å². The molecule has 1 atom stereocenters. The summed E-state index contributed by atoms with van der Waals surface area (Å²) >= 11 is 0. The number of fused-ring (bicyclic) bond motifs is 1. The van der Waals surface area contributed by atoms with Crippen LogP contribution < -0.4 is 4.90 Å². The van der Waals surface area contributed by atoms with Crippen molar-refractivity contribution in [2.45, 2.75) is 26.3 Å². The van der Waals surface area contributed by atoms with Crippen LogP contribution in [-0.2, 0) is 20.7 Å². The first-order valence-corrected chi connectivity index (χ1v) is 5.63. The normalized spacial score (nSPS) is 17.8. The quantitative estimate of drug-likeness (QED) is 0.728. The Morgan fingerprint density at radius 2 is 2.12 bits per heavy atom. The number of amides is 1. The number of nitrogens with zero attached hydrogens (tertiary/aromatic N) is 1. The molecule has 0 bridgehead atoms. The molecule has 0 aliphatic carbocycles. The lowest BCUT2D eigenvalue weighted by Crippen LogP contribution is -2.38. The van der Waals surface area contributed by atoms with E-state index < -0.39 is 5.97 Å². The average molecular weight is 233 g/mol. The van der Waals surface area contributed by atoms with Gasteiger partial charge in [0.1, 0.15) is 0 Å². The van der Waals surface area contributed by atoms with Crippen LogP contribution in [0.15, 0.2) is 24.3 Å². The van der Waals surface area contributed by atoms with Crippen LogP contribution >= 0.6 is 0 Å². The molecule has 0 aromatic heterocycles. The second kappa shape index (κ2) is 4.57. The number of carbonyl (C=O) groups excluding carboxylic acids is 2. The van der Waals surface area contributed by atoms with Crippen molar-refractivity contribution in [3.05, 3.63) is 29.8 Å². The van der Waals surface area contributed by atoms with Crippen LogP contribution in [0.1, 0.15) is 19.4 Å². The summed E-state index contributed by atoms with van der Waals surface area (Å²) in [6, 6.07) is 7.93. The van der Waals surface area contributed by atoms with Gasteiger partial charge in [0, 0.05) is 18.7 Å². The minimum Gasteiger partial charge on any atom is -0.456 e. The molecule has 4 heteroatoms. The van der Waals surface area contributed by atoms with E-state index in [1.54, 1.807) is 4.90 Å². The highest BCUT2D eigenvalue weighted by atomic mass is 16.5. The second-order valence-electron chi connectivity index (χ2n) is 4.23. The number of hydrogen-bond acceptors (Lipinski definition) is 3. The second-order valence-corrected chi connectivity index (χ2v) is 4.23. The van der Waals surface area contributed by atoms with Crippen molar-refractivity contribution in [2.24, 2.45) is 0 Å². The minimum absolute atomic E-state index is 0.121. The summed E-state index contributed by atoms with van der Waals surface area (Å²) in [4.78, 5) is 24.4. The Bertz CT molecular complexity index is 456. The Balaban J connectivity index is 2.16. The highest BCUT2D eigenvalue weighted by molar-refractivity contribution is 5.97. The van der Waals surface area contributed by atoms with E-state index in [0.717, 1.165) is 17.7 Å². The lowest BCUT2D eigenvalue weighted by Gasteiger charge is -2.22. The number of para-hydroxylation sites is 1. The first-order chi connectivity index (χ1) is 8.09. The lowest BCUT2D eigenvalue weighted by molar-refractivity contribution is -0.145.